The number of hydrogen-bond acceptors (Lipinski definition) is 8. The topological polar surface area (TPSA) is 142 Å². The average molecular weight is 609 g/mol. The number of hydrogen-bond donors (Lipinski definition) is 2. The van der Waals surface area contributed by atoms with Crippen LogP contribution in [0, 0.1) is 29.5 Å². The Kier molecular flexibility index (Phi) is 6.87. The Labute approximate surface area is 236 Å². The minimum absolute atomic E-state index is 0.0920. The molecule has 3 aliphatic carbocycles. The van der Waals surface area contributed by atoms with Gasteiger partial charge in [-0.25, -0.2) is 17.5 Å². The third kappa shape index (κ3) is 4.88. The van der Waals surface area contributed by atoms with Gasteiger partial charge in [-0.2, -0.15) is 8.42 Å². The van der Waals surface area contributed by atoms with Gasteiger partial charge in [0.25, 0.3) is 10.0 Å². The molecule has 2 aromatic rings. The lowest BCUT2D eigenvalue weighted by Gasteiger charge is -2.50. The van der Waals surface area contributed by atoms with Gasteiger partial charge in [0, 0.05) is 30.6 Å². The molecule has 0 spiro atoms. The summed E-state index contributed by atoms with van der Waals surface area (Å²) in [6, 6.07) is 5.59. The van der Waals surface area contributed by atoms with Crippen molar-refractivity contribution < 1.29 is 30.8 Å². The van der Waals surface area contributed by atoms with Crippen molar-refractivity contribution in [3.05, 3.63) is 46.6 Å². The number of nitrogens with zero attached hydrogens (tertiary/aromatic N) is 2. The Morgan fingerprint density at radius 2 is 1.82 bits per heavy atom. The van der Waals surface area contributed by atoms with E-state index in [1.807, 2.05) is 0 Å². The van der Waals surface area contributed by atoms with E-state index in [-0.39, 0.29) is 58.0 Å². The molecule has 4 fully saturated rings. The van der Waals surface area contributed by atoms with Crippen LogP contribution >= 0.6 is 11.3 Å². The Bertz CT molecular complexity index is 1620. The third-order valence-corrected chi connectivity index (χ3v) is 11.7. The number of benzene rings is 1. The van der Waals surface area contributed by atoms with Crippen molar-refractivity contribution in [1.29, 1.82) is 0 Å². The number of rotatable bonds is 6. The number of carbonyl (C=O) groups excluding carboxylic acids is 2. The van der Waals surface area contributed by atoms with Gasteiger partial charge in [-0.05, 0) is 60.6 Å². The van der Waals surface area contributed by atoms with E-state index in [2.05, 4.69) is 14.4 Å². The molecule has 2 bridgehead atoms. The largest absolute Gasteiger partial charge is 0.333 e. The Morgan fingerprint density at radius 1 is 1.12 bits per heavy atom. The van der Waals surface area contributed by atoms with Crippen LogP contribution in [0.4, 0.5) is 9.39 Å². The number of nitrogens with one attached hydrogen (secondary N) is 2. The quantitative estimate of drug-likeness (QED) is 0.481. The van der Waals surface area contributed by atoms with E-state index in [1.165, 1.54) is 17.5 Å². The second kappa shape index (κ2) is 10.00. The minimum atomic E-state index is -4.33. The molecule has 3 heterocycles. The molecule has 2 aliphatic heterocycles. The standard InChI is InChI=1S/C26H29FN4O6S3/c1-39(34,35)28-11-17-13-38-25-23(17)40(36,37)30-24(29-25)20-22(32)19-15-3-2-4-16(8-7-15)21(19)31(26(20)33)12-14-5-9-18(27)10-6-14/h5-6,9-10,13,15-16,19-21,28H,2-4,7-8,11-12H2,1H3,(H,29,30). The minimum Gasteiger partial charge on any atom is -0.333 e. The first-order valence-electron chi connectivity index (χ1n) is 13.2. The fraction of sp³-hybridized carbons (Fsp3) is 0.500. The molecule has 10 nitrogen and oxygen atoms in total. The highest BCUT2D eigenvalue weighted by molar-refractivity contribution is 7.91. The molecule has 5 unspecified atom stereocenters. The predicted octanol–water partition coefficient (Wildman–Crippen LogP) is 2.87. The first-order valence-corrected chi connectivity index (χ1v) is 17.4. The lowest BCUT2D eigenvalue weighted by atomic mass is 9.64. The number of anilines is 1. The number of fused-ring (bicyclic) bond motifs is 4. The Morgan fingerprint density at radius 3 is 2.55 bits per heavy atom. The zero-order chi connectivity index (χ0) is 28.4. The summed E-state index contributed by atoms with van der Waals surface area (Å²) in [5.41, 5.74) is 0.942. The van der Waals surface area contributed by atoms with Crippen LogP contribution in [0.5, 0.6) is 0 Å². The summed E-state index contributed by atoms with van der Waals surface area (Å²) in [6.07, 6.45) is 5.54. The highest BCUT2D eigenvalue weighted by Gasteiger charge is 2.57. The summed E-state index contributed by atoms with van der Waals surface area (Å²) < 4.78 is 69.6. The summed E-state index contributed by atoms with van der Waals surface area (Å²) >= 11 is 1.04. The lowest BCUT2D eigenvalue weighted by Crippen LogP contribution is -2.64. The van der Waals surface area contributed by atoms with Crippen LogP contribution in [0.25, 0.3) is 0 Å². The van der Waals surface area contributed by atoms with E-state index in [1.54, 1.807) is 17.0 Å². The summed E-state index contributed by atoms with van der Waals surface area (Å²) in [5, 5.41) is 4.64. The van der Waals surface area contributed by atoms with E-state index >= 15 is 0 Å². The van der Waals surface area contributed by atoms with Crippen molar-refractivity contribution in [3.63, 3.8) is 0 Å². The molecular weight excluding hydrogens is 580 g/mol. The van der Waals surface area contributed by atoms with Crippen molar-refractivity contribution >= 4 is 53.9 Å². The van der Waals surface area contributed by atoms with E-state index in [4.69, 9.17) is 0 Å². The maximum absolute atomic E-state index is 14.1. The molecule has 5 aliphatic rings. The first-order chi connectivity index (χ1) is 18.9. The van der Waals surface area contributed by atoms with Crippen LogP contribution in [-0.4, -0.2) is 51.6 Å². The fourth-order valence-corrected chi connectivity index (χ4v) is 9.92. The second-order valence-corrected chi connectivity index (χ2v) is 15.3. The third-order valence-electron chi connectivity index (χ3n) is 8.52. The summed E-state index contributed by atoms with van der Waals surface area (Å²) in [6.45, 7) is -0.0607. The van der Waals surface area contributed by atoms with Gasteiger partial charge in [0.05, 0.1) is 6.26 Å². The molecule has 14 heteroatoms. The van der Waals surface area contributed by atoms with Gasteiger partial charge < -0.3 is 10.2 Å². The highest BCUT2D eigenvalue weighted by Crippen LogP contribution is 2.50. The fourth-order valence-electron chi connectivity index (χ4n) is 6.85. The van der Waals surface area contributed by atoms with E-state index in [9.17, 15) is 30.8 Å². The molecule has 1 aromatic heterocycles. The zero-order valence-corrected chi connectivity index (χ0v) is 24.1. The van der Waals surface area contributed by atoms with Gasteiger partial charge in [-0.15, -0.1) is 15.7 Å². The van der Waals surface area contributed by atoms with Crippen molar-refractivity contribution in [2.24, 2.45) is 28.1 Å². The normalized spacial score (nSPS) is 29.3. The molecule has 5 atom stereocenters. The first kappa shape index (κ1) is 27.5. The molecule has 40 heavy (non-hydrogen) atoms. The van der Waals surface area contributed by atoms with Crippen molar-refractivity contribution in [1.82, 2.24) is 9.62 Å². The monoisotopic (exact) mass is 608 g/mol. The Hall–Kier alpha value is -2.68. The van der Waals surface area contributed by atoms with Gasteiger partial charge in [-0.1, -0.05) is 18.6 Å². The Balaban J connectivity index is 1.38. The number of halogens is 1. The molecule has 7 rings (SSSR count). The molecule has 1 aromatic carbocycles. The number of thiophene rings is 1. The number of amides is 1. The smallest absolute Gasteiger partial charge is 0.287 e. The summed E-state index contributed by atoms with van der Waals surface area (Å²) in [4.78, 5) is 29.8. The van der Waals surface area contributed by atoms with Gasteiger partial charge in [0.1, 0.15) is 21.5 Å². The second-order valence-electron chi connectivity index (χ2n) is 11.1. The number of sulfonamides is 2. The predicted molar refractivity (Wildman–Crippen MR) is 147 cm³/mol. The van der Waals surface area contributed by atoms with Crippen LogP contribution in [-0.2, 0) is 42.7 Å². The molecule has 1 amide bonds. The van der Waals surface area contributed by atoms with E-state index in [0.29, 0.717) is 0 Å². The molecule has 214 valence electrons. The molecule has 2 N–H and O–H groups in total. The SMILES string of the molecule is CS(=O)(=O)NCc1csc2c1S(=O)(=O)N=C(C1C(=O)C3C4CCCC(CC4)C3N(Cc3ccc(F)cc3)C1=O)N2. The van der Waals surface area contributed by atoms with E-state index < -0.39 is 43.6 Å². The number of ketones is 1. The summed E-state index contributed by atoms with van der Waals surface area (Å²) in [5.74, 6) is -3.02. The molecule has 1 saturated heterocycles. The molecular formula is C26H29FN4O6S3. The van der Waals surface area contributed by atoms with Gasteiger partial charge in [0.15, 0.2) is 11.7 Å². The van der Waals surface area contributed by atoms with Crippen LogP contribution in [0.3, 0.4) is 0 Å². The van der Waals surface area contributed by atoms with Crippen LogP contribution in [0.15, 0.2) is 38.9 Å². The maximum atomic E-state index is 14.1. The molecule has 3 saturated carbocycles. The highest BCUT2D eigenvalue weighted by atomic mass is 32.2. The van der Waals surface area contributed by atoms with Crippen LogP contribution < -0.4 is 10.0 Å². The lowest BCUT2D eigenvalue weighted by molar-refractivity contribution is -0.157. The van der Waals surface area contributed by atoms with E-state index in [0.717, 1.165) is 55.3 Å². The van der Waals surface area contributed by atoms with Crippen LogP contribution in [0.2, 0.25) is 0 Å². The number of Topliss-reactive ketones (excluding diaryl/α,β-unsaturated/α-hetero) is 1. The number of piperidine rings is 1. The maximum Gasteiger partial charge on any atom is 0.287 e. The number of carbonyl (C=O) groups is 2. The van der Waals surface area contributed by atoms with Crippen LogP contribution in [0.1, 0.15) is 43.2 Å². The zero-order valence-electron chi connectivity index (χ0n) is 21.7. The number of amidine groups is 1. The van der Waals surface area contributed by atoms with Gasteiger partial charge >= 0.3 is 0 Å². The summed E-state index contributed by atoms with van der Waals surface area (Å²) in [7, 11) is -7.91. The van der Waals surface area contributed by atoms with Crippen molar-refractivity contribution in [3.8, 4) is 0 Å². The average Bonchev–Trinajstić information content (AvgIpc) is 3.05. The van der Waals surface area contributed by atoms with Gasteiger partial charge in [0.2, 0.25) is 15.9 Å². The van der Waals surface area contributed by atoms with Crippen molar-refractivity contribution in [2.45, 2.75) is 56.1 Å². The van der Waals surface area contributed by atoms with Crippen molar-refractivity contribution in [2.75, 3.05) is 11.6 Å². The number of likely N-dealkylation sites (tertiary alicyclic amines) is 1. The van der Waals surface area contributed by atoms with Gasteiger partial charge in [-0.3, -0.25) is 9.59 Å². The molecule has 0 radical (unpaired) electrons.